The molecule has 136 valence electrons. The topological polar surface area (TPSA) is 75.5 Å². The molecular formula is C17H12F3IN2O3. The number of halogens is 4. The van der Waals surface area contributed by atoms with Gasteiger partial charge in [-0.3, -0.25) is 9.97 Å². The van der Waals surface area contributed by atoms with Crippen LogP contribution in [-0.2, 0) is 0 Å². The van der Waals surface area contributed by atoms with Gasteiger partial charge in [0.25, 0.3) is 0 Å². The van der Waals surface area contributed by atoms with Gasteiger partial charge in [0.05, 0.1) is 17.6 Å². The number of alkyl halides is 3. The van der Waals surface area contributed by atoms with E-state index in [1.807, 2.05) is 22.6 Å². The molecule has 5 nitrogen and oxygen atoms in total. The van der Waals surface area contributed by atoms with Crippen LogP contribution in [0.4, 0.5) is 13.2 Å². The van der Waals surface area contributed by atoms with Crippen molar-refractivity contribution in [2.24, 2.45) is 0 Å². The zero-order chi connectivity index (χ0) is 18.9. The van der Waals surface area contributed by atoms with Gasteiger partial charge in [-0.1, -0.05) is 12.1 Å². The van der Waals surface area contributed by atoms with E-state index in [1.54, 1.807) is 6.07 Å². The van der Waals surface area contributed by atoms with Crippen LogP contribution in [0.1, 0.15) is 11.7 Å². The molecule has 0 aliphatic rings. The zero-order valence-electron chi connectivity index (χ0n) is 13.0. The standard InChI is InChI=1S/C17H12F3IN2O3/c18-17(19,20)26-10-3-1-9(2-4-10)11-7-12(21)14(13(25)8-24)16-15(11)22-5-6-23-16/h1-7,13,24-25H,8H2/t13-/m0/s1. The van der Waals surface area contributed by atoms with Crippen LogP contribution in [0, 0.1) is 3.57 Å². The first-order valence-electron chi connectivity index (χ1n) is 7.38. The number of rotatable bonds is 4. The lowest BCUT2D eigenvalue weighted by Gasteiger charge is -2.16. The minimum Gasteiger partial charge on any atom is -0.406 e. The molecule has 0 bridgehead atoms. The van der Waals surface area contributed by atoms with Gasteiger partial charge in [0.2, 0.25) is 0 Å². The number of benzene rings is 2. The Morgan fingerprint density at radius 3 is 2.27 bits per heavy atom. The fourth-order valence-corrected chi connectivity index (χ4v) is 3.51. The van der Waals surface area contributed by atoms with Crippen LogP contribution in [0.25, 0.3) is 22.2 Å². The minimum absolute atomic E-state index is 0.321. The van der Waals surface area contributed by atoms with Crippen molar-refractivity contribution in [1.29, 1.82) is 0 Å². The maximum Gasteiger partial charge on any atom is 0.573 e. The van der Waals surface area contributed by atoms with Crippen LogP contribution < -0.4 is 4.74 Å². The van der Waals surface area contributed by atoms with Crippen molar-refractivity contribution >= 4 is 33.6 Å². The molecule has 3 rings (SSSR count). The number of aliphatic hydroxyl groups excluding tert-OH is 2. The van der Waals surface area contributed by atoms with Gasteiger partial charge in [-0.05, 0) is 46.4 Å². The molecule has 0 saturated heterocycles. The summed E-state index contributed by atoms with van der Waals surface area (Å²) in [7, 11) is 0. The second kappa shape index (κ2) is 7.33. The second-order valence-corrected chi connectivity index (χ2v) is 6.51. The molecule has 2 N–H and O–H groups in total. The van der Waals surface area contributed by atoms with Crippen molar-refractivity contribution in [1.82, 2.24) is 9.97 Å². The van der Waals surface area contributed by atoms with E-state index in [0.29, 0.717) is 31.3 Å². The predicted molar refractivity (Wildman–Crippen MR) is 96.4 cm³/mol. The molecular weight excluding hydrogens is 464 g/mol. The molecule has 0 amide bonds. The highest BCUT2D eigenvalue weighted by molar-refractivity contribution is 14.1. The van der Waals surface area contributed by atoms with Gasteiger partial charge in [-0.25, -0.2) is 0 Å². The molecule has 0 unspecified atom stereocenters. The van der Waals surface area contributed by atoms with Crippen molar-refractivity contribution in [2.45, 2.75) is 12.5 Å². The maximum absolute atomic E-state index is 12.3. The van der Waals surface area contributed by atoms with Crippen molar-refractivity contribution in [2.75, 3.05) is 6.61 Å². The first-order chi connectivity index (χ1) is 12.3. The molecule has 3 aromatic rings. The summed E-state index contributed by atoms with van der Waals surface area (Å²) in [6.07, 6.45) is -2.92. The zero-order valence-corrected chi connectivity index (χ0v) is 15.2. The molecule has 0 spiro atoms. The molecule has 9 heteroatoms. The van der Waals surface area contributed by atoms with E-state index < -0.39 is 19.1 Å². The van der Waals surface area contributed by atoms with Crippen LogP contribution in [0.5, 0.6) is 5.75 Å². The summed E-state index contributed by atoms with van der Waals surface area (Å²) in [5, 5.41) is 19.3. The van der Waals surface area contributed by atoms with E-state index in [2.05, 4.69) is 14.7 Å². The highest BCUT2D eigenvalue weighted by Gasteiger charge is 2.31. The highest BCUT2D eigenvalue weighted by Crippen LogP contribution is 2.35. The molecule has 26 heavy (non-hydrogen) atoms. The maximum atomic E-state index is 12.3. The molecule has 2 aromatic carbocycles. The quantitative estimate of drug-likeness (QED) is 0.561. The summed E-state index contributed by atoms with van der Waals surface area (Å²) in [4.78, 5) is 8.54. The molecule has 0 fully saturated rings. The Kier molecular flexibility index (Phi) is 5.30. The summed E-state index contributed by atoms with van der Waals surface area (Å²) in [6.45, 7) is -0.468. The fraction of sp³-hybridized carbons (Fsp3) is 0.176. The molecule has 0 aliphatic heterocycles. The van der Waals surface area contributed by atoms with E-state index in [1.165, 1.54) is 36.7 Å². The number of aromatic nitrogens is 2. The molecule has 1 atom stereocenters. The summed E-state index contributed by atoms with van der Waals surface area (Å²) < 4.78 is 41.4. The van der Waals surface area contributed by atoms with Gasteiger partial charge in [-0.15, -0.1) is 13.2 Å². The van der Waals surface area contributed by atoms with Gasteiger partial charge < -0.3 is 14.9 Å². The van der Waals surface area contributed by atoms with Gasteiger partial charge in [0.1, 0.15) is 11.9 Å². The van der Waals surface area contributed by atoms with Gasteiger partial charge in [0, 0.05) is 27.1 Å². The largest absolute Gasteiger partial charge is 0.573 e. The number of hydrogen-bond acceptors (Lipinski definition) is 5. The lowest BCUT2D eigenvalue weighted by atomic mass is 9.99. The lowest BCUT2D eigenvalue weighted by Crippen LogP contribution is -2.16. The third-order valence-electron chi connectivity index (χ3n) is 3.64. The Balaban J connectivity index is 2.11. The molecule has 0 aliphatic carbocycles. The Morgan fingerprint density at radius 1 is 1.08 bits per heavy atom. The van der Waals surface area contributed by atoms with Crippen molar-refractivity contribution < 1.29 is 28.1 Å². The third kappa shape index (κ3) is 3.89. The van der Waals surface area contributed by atoms with Gasteiger partial charge in [-0.2, -0.15) is 0 Å². The predicted octanol–water partition coefficient (Wildman–Crippen LogP) is 3.83. The SMILES string of the molecule is OC[C@H](O)c1c(I)cc(-c2ccc(OC(F)(F)F)cc2)c2nccnc12. The average Bonchev–Trinajstić information content (AvgIpc) is 2.60. The van der Waals surface area contributed by atoms with Gasteiger partial charge in [0.15, 0.2) is 0 Å². The monoisotopic (exact) mass is 476 g/mol. The first kappa shape index (κ1) is 18.8. The first-order valence-corrected chi connectivity index (χ1v) is 8.46. The summed E-state index contributed by atoms with van der Waals surface area (Å²) in [5.74, 6) is -0.321. The average molecular weight is 476 g/mol. The highest BCUT2D eigenvalue weighted by atomic mass is 127. The number of hydrogen-bond donors (Lipinski definition) is 2. The van der Waals surface area contributed by atoms with E-state index >= 15 is 0 Å². The summed E-state index contributed by atoms with van der Waals surface area (Å²) >= 11 is 2.01. The van der Waals surface area contributed by atoms with Crippen LogP contribution in [0.15, 0.2) is 42.7 Å². The van der Waals surface area contributed by atoms with E-state index in [9.17, 15) is 23.4 Å². The Morgan fingerprint density at radius 2 is 1.69 bits per heavy atom. The number of fused-ring (bicyclic) bond motifs is 1. The minimum atomic E-state index is -4.75. The molecule has 1 aromatic heterocycles. The van der Waals surface area contributed by atoms with E-state index in [4.69, 9.17) is 0 Å². The summed E-state index contributed by atoms with van der Waals surface area (Å²) in [5.41, 5.74) is 2.61. The van der Waals surface area contributed by atoms with Crippen molar-refractivity contribution in [3.63, 3.8) is 0 Å². The number of ether oxygens (including phenoxy) is 1. The van der Waals surface area contributed by atoms with E-state index in [0.717, 1.165) is 0 Å². The third-order valence-corrected chi connectivity index (χ3v) is 4.53. The molecule has 0 saturated carbocycles. The molecule has 1 heterocycles. The normalized spacial score (nSPS) is 13.0. The molecule has 0 radical (unpaired) electrons. The smallest absolute Gasteiger partial charge is 0.406 e. The van der Waals surface area contributed by atoms with Crippen molar-refractivity contribution in [3.05, 3.63) is 51.9 Å². The Hall–Kier alpha value is -1.98. The van der Waals surface area contributed by atoms with Gasteiger partial charge >= 0.3 is 6.36 Å². The van der Waals surface area contributed by atoms with Crippen LogP contribution in [0.3, 0.4) is 0 Å². The second-order valence-electron chi connectivity index (χ2n) is 5.34. The van der Waals surface area contributed by atoms with E-state index in [-0.39, 0.29) is 5.75 Å². The van der Waals surface area contributed by atoms with Crippen LogP contribution in [0.2, 0.25) is 0 Å². The number of nitrogens with zero attached hydrogens (tertiary/aromatic N) is 2. The Labute approximate surface area is 159 Å². The Bertz CT molecular complexity index is 933. The van der Waals surface area contributed by atoms with Crippen LogP contribution >= 0.6 is 22.6 Å². The lowest BCUT2D eigenvalue weighted by molar-refractivity contribution is -0.274. The number of aliphatic hydroxyl groups is 2. The van der Waals surface area contributed by atoms with Crippen LogP contribution in [-0.4, -0.2) is 33.2 Å². The van der Waals surface area contributed by atoms with Crippen molar-refractivity contribution in [3.8, 4) is 16.9 Å². The fourth-order valence-electron chi connectivity index (χ4n) is 2.58. The summed E-state index contributed by atoms with van der Waals surface area (Å²) in [6, 6.07) is 7.15.